The van der Waals surface area contributed by atoms with Crippen LogP contribution in [0.15, 0.2) is 30.3 Å². The van der Waals surface area contributed by atoms with Gasteiger partial charge in [0.2, 0.25) is 0 Å². The van der Waals surface area contributed by atoms with Crippen molar-refractivity contribution in [1.82, 2.24) is 0 Å². The molecule has 98 valence electrons. The summed E-state index contributed by atoms with van der Waals surface area (Å²) in [6, 6.07) is 7.70. The number of carbonyl (C=O) groups excluding carboxylic acids is 1. The fourth-order valence-corrected chi connectivity index (χ4v) is 2.50. The number of nitrogens with zero attached hydrogens (tertiary/aromatic N) is 1. The molecule has 0 saturated heterocycles. The molecule has 0 aliphatic heterocycles. The summed E-state index contributed by atoms with van der Waals surface area (Å²) in [7, 11) is 0. The van der Waals surface area contributed by atoms with E-state index in [0.29, 0.717) is 10.6 Å². The van der Waals surface area contributed by atoms with Gasteiger partial charge in [0.15, 0.2) is 0 Å². The predicted molar refractivity (Wildman–Crippen MR) is 74.8 cm³/mol. The van der Waals surface area contributed by atoms with Crippen LogP contribution in [0.25, 0.3) is 0 Å². The van der Waals surface area contributed by atoms with Crippen LogP contribution in [0.1, 0.15) is 20.1 Å². The number of nitro benzene ring substituents is 1. The minimum Gasteiger partial charge on any atom is -0.321 e. The highest BCUT2D eigenvalue weighted by molar-refractivity contribution is 7.14. The molecule has 6 heteroatoms. The van der Waals surface area contributed by atoms with Crippen LogP contribution in [0.5, 0.6) is 0 Å². The second-order valence-electron chi connectivity index (χ2n) is 4.11. The average molecular weight is 276 g/mol. The molecule has 0 fully saturated rings. The number of hydrogen-bond acceptors (Lipinski definition) is 4. The summed E-state index contributed by atoms with van der Waals surface area (Å²) >= 11 is 1.41. The largest absolute Gasteiger partial charge is 0.321 e. The van der Waals surface area contributed by atoms with Gasteiger partial charge in [-0.3, -0.25) is 14.9 Å². The Kier molecular flexibility index (Phi) is 3.62. The Morgan fingerprint density at radius 2 is 2.05 bits per heavy atom. The number of benzene rings is 1. The summed E-state index contributed by atoms with van der Waals surface area (Å²) in [6.07, 6.45) is 0. The van der Waals surface area contributed by atoms with Gasteiger partial charge in [0.25, 0.3) is 11.6 Å². The van der Waals surface area contributed by atoms with Crippen molar-refractivity contribution in [3.8, 4) is 0 Å². The first-order chi connectivity index (χ1) is 8.97. The summed E-state index contributed by atoms with van der Waals surface area (Å²) < 4.78 is 0. The maximum Gasteiger partial charge on any atom is 0.271 e. The molecule has 0 bridgehead atoms. The van der Waals surface area contributed by atoms with Crippen LogP contribution in [-0.2, 0) is 0 Å². The molecule has 2 aromatic rings. The van der Waals surface area contributed by atoms with Gasteiger partial charge < -0.3 is 5.32 Å². The zero-order chi connectivity index (χ0) is 14.0. The first kappa shape index (κ1) is 13.2. The Bertz CT molecular complexity index is 630. The molecule has 1 amide bonds. The third-order valence-electron chi connectivity index (χ3n) is 2.70. The van der Waals surface area contributed by atoms with Gasteiger partial charge in [-0.1, -0.05) is 6.07 Å². The summed E-state index contributed by atoms with van der Waals surface area (Å²) in [4.78, 5) is 23.8. The number of carbonyl (C=O) groups is 1. The Hall–Kier alpha value is -2.21. The van der Waals surface area contributed by atoms with Crippen LogP contribution in [0, 0.1) is 24.0 Å². The van der Waals surface area contributed by atoms with E-state index >= 15 is 0 Å². The zero-order valence-corrected chi connectivity index (χ0v) is 11.3. The topological polar surface area (TPSA) is 72.2 Å². The highest BCUT2D eigenvalue weighted by atomic mass is 32.1. The Morgan fingerprint density at radius 1 is 1.32 bits per heavy atom. The Balaban J connectivity index is 2.19. The number of nitrogens with one attached hydrogen (secondary N) is 1. The van der Waals surface area contributed by atoms with E-state index in [4.69, 9.17) is 0 Å². The van der Waals surface area contributed by atoms with Gasteiger partial charge in [-0.05, 0) is 31.5 Å². The lowest BCUT2D eigenvalue weighted by Gasteiger charge is -2.02. The van der Waals surface area contributed by atoms with Crippen molar-refractivity contribution >= 4 is 28.6 Å². The van der Waals surface area contributed by atoms with Crippen molar-refractivity contribution in [3.63, 3.8) is 0 Å². The van der Waals surface area contributed by atoms with E-state index in [1.807, 2.05) is 19.9 Å². The summed E-state index contributed by atoms with van der Waals surface area (Å²) in [5.74, 6) is -0.248. The first-order valence-corrected chi connectivity index (χ1v) is 6.42. The van der Waals surface area contributed by atoms with Crippen LogP contribution in [0.3, 0.4) is 0 Å². The van der Waals surface area contributed by atoms with Crippen LogP contribution >= 0.6 is 11.3 Å². The number of anilines is 1. The van der Waals surface area contributed by atoms with Gasteiger partial charge in [-0.25, -0.2) is 0 Å². The van der Waals surface area contributed by atoms with E-state index in [-0.39, 0.29) is 11.6 Å². The minimum absolute atomic E-state index is 0.0451. The van der Waals surface area contributed by atoms with Crippen molar-refractivity contribution in [2.24, 2.45) is 0 Å². The molecular formula is C13H12N2O3S. The molecule has 2 rings (SSSR count). The van der Waals surface area contributed by atoms with Gasteiger partial charge in [0.1, 0.15) is 0 Å². The standard InChI is InChI=1S/C13H12N2O3S/c1-8-6-12(19-9(8)2)13(16)14-10-4-3-5-11(7-10)15(17)18/h3-7H,1-2H3,(H,14,16). The van der Waals surface area contributed by atoms with Gasteiger partial charge in [0, 0.05) is 22.7 Å². The molecule has 0 saturated carbocycles. The minimum atomic E-state index is -0.491. The summed E-state index contributed by atoms with van der Waals surface area (Å²) in [5.41, 5.74) is 1.44. The molecule has 0 radical (unpaired) electrons. The van der Waals surface area contributed by atoms with E-state index < -0.39 is 4.92 Å². The number of amides is 1. The van der Waals surface area contributed by atoms with E-state index in [2.05, 4.69) is 5.32 Å². The Morgan fingerprint density at radius 3 is 2.63 bits per heavy atom. The third-order valence-corrected chi connectivity index (χ3v) is 3.86. The molecule has 0 atom stereocenters. The third kappa shape index (κ3) is 2.97. The molecule has 0 aliphatic carbocycles. The number of rotatable bonds is 3. The maximum atomic E-state index is 12.0. The lowest BCUT2D eigenvalue weighted by Crippen LogP contribution is -2.10. The van der Waals surface area contributed by atoms with Crippen molar-refractivity contribution in [3.05, 3.63) is 55.8 Å². The van der Waals surface area contributed by atoms with E-state index in [0.717, 1.165) is 10.4 Å². The molecule has 1 N–H and O–H groups in total. The molecule has 1 aromatic heterocycles. The monoisotopic (exact) mass is 276 g/mol. The van der Waals surface area contributed by atoms with Gasteiger partial charge >= 0.3 is 0 Å². The molecule has 1 heterocycles. The first-order valence-electron chi connectivity index (χ1n) is 5.60. The Labute approximate surface area is 114 Å². The fraction of sp³-hybridized carbons (Fsp3) is 0.154. The SMILES string of the molecule is Cc1cc(C(=O)Nc2cccc([N+](=O)[O-])c2)sc1C. The van der Waals surface area contributed by atoms with Crippen molar-refractivity contribution < 1.29 is 9.72 Å². The van der Waals surface area contributed by atoms with Crippen molar-refractivity contribution in [2.45, 2.75) is 13.8 Å². The van der Waals surface area contributed by atoms with E-state index in [1.165, 1.54) is 23.5 Å². The number of thiophene rings is 1. The number of hydrogen-bond donors (Lipinski definition) is 1. The van der Waals surface area contributed by atoms with Gasteiger partial charge in [-0.15, -0.1) is 11.3 Å². The van der Waals surface area contributed by atoms with Crippen LogP contribution in [0.4, 0.5) is 11.4 Å². The second-order valence-corrected chi connectivity index (χ2v) is 5.37. The highest BCUT2D eigenvalue weighted by Crippen LogP contribution is 2.23. The quantitative estimate of drug-likeness (QED) is 0.688. The second kappa shape index (κ2) is 5.19. The maximum absolute atomic E-state index is 12.0. The lowest BCUT2D eigenvalue weighted by molar-refractivity contribution is -0.384. The van der Waals surface area contributed by atoms with Crippen LogP contribution in [-0.4, -0.2) is 10.8 Å². The molecule has 19 heavy (non-hydrogen) atoms. The molecule has 0 unspecified atom stereocenters. The number of non-ortho nitro benzene ring substituents is 1. The molecular weight excluding hydrogens is 264 g/mol. The van der Waals surface area contributed by atoms with Gasteiger partial charge in [-0.2, -0.15) is 0 Å². The number of nitro groups is 1. The molecule has 1 aromatic carbocycles. The van der Waals surface area contributed by atoms with Crippen molar-refractivity contribution in [1.29, 1.82) is 0 Å². The lowest BCUT2D eigenvalue weighted by atomic mass is 10.2. The highest BCUT2D eigenvalue weighted by Gasteiger charge is 2.12. The normalized spacial score (nSPS) is 10.2. The summed E-state index contributed by atoms with van der Waals surface area (Å²) in [6.45, 7) is 3.89. The fourth-order valence-electron chi connectivity index (χ4n) is 1.57. The average Bonchev–Trinajstić information content (AvgIpc) is 2.70. The predicted octanol–water partition coefficient (Wildman–Crippen LogP) is 3.53. The smallest absolute Gasteiger partial charge is 0.271 e. The van der Waals surface area contributed by atoms with Crippen LogP contribution < -0.4 is 5.32 Å². The zero-order valence-electron chi connectivity index (χ0n) is 10.5. The molecule has 0 spiro atoms. The number of aryl methyl sites for hydroxylation is 2. The summed E-state index contributed by atoms with van der Waals surface area (Å²) in [5, 5.41) is 13.3. The van der Waals surface area contributed by atoms with Gasteiger partial charge in [0.05, 0.1) is 9.80 Å². The van der Waals surface area contributed by atoms with Crippen LogP contribution in [0.2, 0.25) is 0 Å². The van der Waals surface area contributed by atoms with E-state index in [9.17, 15) is 14.9 Å². The van der Waals surface area contributed by atoms with Crippen molar-refractivity contribution in [2.75, 3.05) is 5.32 Å². The van der Waals surface area contributed by atoms with E-state index in [1.54, 1.807) is 12.1 Å². The molecule has 0 aliphatic rings. The molecule has 5 nitrogen and oxygen atoms in total.